The summed E-state index contributed by atoms with van der Waals surface area (Å²) in [6.07, 6.45) is 4.62. The fourth-order valence-electron chi connectivity index (χ4n) is 1.59. The number of nitrogens with zero attached hydrogens (tertiary/aromatic N) is 1. The van der Waals surface area contributed by atoms with Crippen LogP contribution >= 0.6 is 0 Å². The molecule has 0 saturated carbocycles. The molecule has 0 aliphatic rings. The molecule has 2 radical (unpaired) electrons. The van der Waals surface area contributed by atoms with Crippen LogP contribution in [-0.2, 0) is 0 Å². The summed E-state index contributed by atoms with van der Waals surface area (Å²) >= 11 is 0. The number of benzene rings is 1. The van der Waals surface area contributed by atoms with Crippen LogP contribution in [0, 0.1) is 0 Å². The molecule has 0 saturated heterocycles. The molecule has 4 heteroatoms. The third-order valence-electron chi connectivity index (χ3n) is 2.31. The average Bonchev–Trinajstić information content (AvgIpc) is 2.83. The number of oxazole rings is 1. The van der Waals surface area contributed by atoms with E-state index in [1.165, 1.54) is 6.39 Å². The quantitative estimate of drug-likeness (QED) is 0.556. The van der Waals surface area contributed by atoms with Gasteiger partial charge >= 0.3 is 0 Å². The zero-order chi connectivity index (χ0) is 10.3. The molecule has 0 unspecified atom stereocenters. The Hall–Kier alpha value is -1.97. The van der Waals surface area contributed by atoms with Crippen molar-refractivity contribution in [1.29, 1.82) is 0 Å². The molecular weight excluding hydrogens is 189 g/mol. The molecule has 0 aliphatic carbocycles. The second-order valence-electron chi connectivity index (χ2n) is 3.28. The summed E-state index contributed by atoms with van der Waals surface area (Å²) < 4.78 is 10.3. The van der Waals surface area contributed by atoms with Crippen molar-refractivity contribution in [3.63, 3.8) is 0 Å². The van der Waals surface area contributed by atoms with Crippen LogP contribution in [0.5, 0.6) is 0 Å². The van der Waals surface area contributed by atoms with Crippen LogP contribution in [0.2, 0.25) is 0 Å². The number of hydrogen-bond acceptors (Lipinski definition) is 3. The van der Waals surface area contributed by atoms with Gasteiger partial charge in [0.2, 0.25) is 0 Å². The molecule has 3 aromatic rings. The molecule has 2 aromatic heterocycles. The van der Waals surface area contributed by atoms with Gasteiger partial charge in [0.25, 0.3) is 0 Å². The van der Waals surface area contributed by atoms with Crippen LogP contribution in [0.1, 0.15) is 0 Å². The minimum absolute atomic E-state index is 0.702. The molecule has 0 atom stereocenters. The zero-order valence-corrected chi connectivity index (χ0v) is 7.81. The fourth-order valence-corrected chi connectivity index (χ4v) is 1.59. The van der Waals surface area contributed by atoms with Crippen LogP contribution in [0.4, 0.5) is 0 Å². The molecule has 70 valence electrons. The predicted octanol–water partition coefficient (Wildman–Crippen LogP) is 1.88. The first-order valence-corrected chi connectivity index (χ1v) is 4.50. The Balaban J connectivity index is 2.32. The Morgan fingerprint density at radius 1 is 1.20 bits per heavy atom. The van der Waals surface area contributed by atoms with E-state index in [2.05, 4.69) is 4.98 Å². The number of rotatable bonds is 1. The minimum atomic E-state index is 0.702. The molecule has 0 amide bonds. The molecule has 0 spiro atoms. The molecule has 3 rings (SSSR count). The van der Waals surface area contributed by atoms with Gasteiger partial charge in [-0.2, -0.15) is 0 Å². The van der Waals surface area contributed by atoms with Crippen molar-refractivity contribution in [2.24, 2.45) is 0 Å². The summed E-state index contributed by atoms with van der Waals surface area (Å²) in [7, 11) is 5.72. The van der Waals surface area contributed by atoms with Crippen LogP contribution in [-0.4, -0.2) is 12.8 Å². The molecule has 2 heterocycles. The summed E-state index contributed by atoms with van der Waals surface area (Å²) in [6.45, 7) is 0. The van der Waals surface area contributed by atoms with Gasteiger partial charge in [-0.15, -0.1) is 0 Å². The van der Waals surface area contributed by atoms with E-state index < -0.39 is 0 Å². The van der Waals surface area contributed by atoms with Crippen molar-refractivity contribution >= 4 is 24.3 Å². The van der Waals surface area contributed by atoms with E-state index in [9.17, 15) is 0 Å². The average molecular weight is 195 g/mol. The number of furan rings is 1. The Bertz CT molecular complexity index is 598. The van der Waals surface area contributed by atoms with Crippen molar-refractivity contribution in [3.8, 4) is 11.3 Å². The summed E-state index contributed by atoms with van der Waals surface area (Å²) in [4.78, 5) is 4.07. The van der Waals surface area contributed by atoms with Gasteiger partial charge in [0.05, 0.1) is 0 Å². The lowest BCUT2D eigenvalue weighted by Crippen LogP contribution is -1.98. The largest absolute Gasteiger partial charge is 0.464 e. The fraction of sp³-hybridized carbons (Fsp3) is 0. The standard InChI is InChI=1S/C11H6BNO2/c12-7-1-2-11-8(3-7)9(4-15-11)10-5-14-6-13-10/h1-6H. The third-order valence-corrected chi connectivity index (χ3v) is 2.31. The van der Waals surface area contributed by atoms with E-state index in [-0.39, 0.29) is 0 Å². The van der Waals surface area contributed by atoms with Crippen molar-refractivity contribution in [2.75, 3.05) is 0 Å². The molecule has 15 heavy (non-hydrogen) atoms. The molecule has 0 bridgehead atoms. The Labute approximate surface area is 87.1 Å². The number of aromatic nitrogens is 1. The monoisotopic (exact) mass is 195 g/mol. The van der Waals surface area contributed by atoms with E-state index in [0.717, 1.165) is 22.2 Å². The van der Waals surface area contributed by atoms with Crippen LogP contribution in [0.3, 0.4) is 0 Å². The smallest absolute Gasteiger partial charge is 0.181 e. The van der Waals surface area contributed by atoms with Crippen molar-refractivity contribution < 1.29 is 8.83 Å². The second-order valence-corrected chi connectivity index (χ2v) is 3.28. The van der Waals surface area contributed by atoms with Crippen molar-refractivity contribution in [1.82, 2.24) is 4.98 Å². The maximum atomic E-state index is 5.72. The molecular formula is C11H6BNO2. The second kappa shape index (κ2) is 3.02. The lowest BCUT2D eigenvalue weighted by atomic mass is 9.94. The summed E-state index contributed by atoms with van der Waals surface area (Å²) in [5.74, 6) is 0. The predicted molar refractivity (Wildman–Crippen MR) is 57.1 cm³/mol. The minimum Gasteiger partial charge on any atom is -0.464 e. The zero-order valence-electron chi connectivity index (χ0n) is 7.81. The Kier molecular flexibility index (Phi) is 1.68. The maximum absolute atomic E-state index is 5.72. The highest BCUT2D eigenvalue weighted by Gasteiger charge is 2.09. The van der Waals surface area contributed by atoms with E-state index in [1.54, 1.807) is 18.6 Å². The highest BCUT2D eigenvalue weighted by atomic mass is 16.3. The van der Waals surface area contributed by atoms with Gasteiger partial charge in [-0.1, -0.05) is 17.6 Å². The van der Waals surface area contributed by atoms with Crippen molar-refractivity contribution in [3.05, 3.63) is 37.1 Å². The van der Waals surface area contributed by atoms with Gasteiger partial charge in [0.15, 0.2) is 6.39 Å². The lowest BCUT2D eigenvalue weighted by Gasteiger charge is -1.94. The van der Waals surface area contributed by atoms with E-state index >= 15 is 0 Å². The Morgan fingerprint density at radius 2 is 2.13 bits per heavy atom. The number of hydrogen-bond donors (Lipinski definition) is 0. The van der Waals surface area contributed by atoms with Gasteiger partial charge < -0.3 is 8.83 Å². The van der Waals surface area contributed by atoms with E-state index in [0.29, 0.717) is 5.46 Å². The van der Waals surface area contributed by atoms with Crippen molar-refractivity contribution in [2.45, 2.75) is 0 Å². The highest BCUT2D eigenvalue weighted by Crippen LogP contribution is 2.28. The number of fused-ring (bicyclic) bond motifs is 1. The van der Waals surface area contributed by atoms with Gasteiger partial charge in [-0.05, 0) is 6.07 Å². The molecule has 0 fully saturated rings. The molecule has 3 nitrogen and oxygen atoms in total. The van der Waals surface area contributed by atoms with Crippen LogP contribution in [0.25, 0.3) is 22.2 Å². The maximum Gasteiger partial charge on any atom is 0.181 e. The first kappa shape index (κ1) is 8.35. The van der Waals surface area contributed by atoms with Crippen LogP contribution < -0.4 is 5.46 Å². The highest BCUT2D eigenvalue weighted by molar-refractivity contribution is 6.33. The first-order chi connectivity index (χ1) is 7.34. The summed E-state index contributed by atoms with van der Waals surface area (Å²) in [5.41, 5.74) is 3.14. The topological polar surface area (TPSA) is 39.2 Å². The molecule has 0 N–H and O–H groups in total. The Morgan fingerprint density at radius 3 is 2.93 bits per heavy atom. The van der Waals surface area contributed by atoms with Gasteiger partial charge in [-0.3, -0.25) is 0 Å². The van der Waals surface area contributed by atoms with Gasteiger partial charge in [0.1, 0.15) is 31.6 Å². The lowest BCUT2D eigenvalue weighted by molar-refractivity contribution is 0.558. The molecule has 0 aliphatic heterocycles. The van der Waals surface area contributed by atoms with E-state index in [4.69, 9.17) is 16.7 Å². The summed E-state index contributed by atoms with van der Waals surface area (Å²) in [6, 6.07) is 5.51. The normalized spacial score (nSPS) is 10.9. The third kappa shape index (κ3) is 1.26. The first-order valence-electron chi connectivity index (χ1n) is 4.50. The SMILES string of the molecule is [B]c1ccc2occ(-c3cocn3)c2c1. The van der Waals surface area contributed by atoms with Gasteiger partial charge in [-0.25, -0.2) is 4.98 Å². The van der Waals surface area contributed by atoms with E-state index in [1.807, 2.05) is 12.1 Å². The summed E-state index contributed by atoms with van der Waals surface area (Å²) in [5, 5.41) is 0.948. The van der Waals surface area contributed by atoms with Gasteiger partial charge in [0, 0.05) is 10.9 Å². The molecule has 1 aromatic carbocycles. The van der Waals surface area contributed by atoms with Crippen LogP contribution in [0.15, 0.2) is 46.0 Å².